The van der Waals surface area contributed by atoms with Gasteiger partial charge in [-0.3, -0.25) is 9.69 Å². The van der Waals surface area contributed by atoms with Crippen molar-refractivity contribution in [2.75, 3.05) is 43.4 Å². The predicted octanol–water partition coefficient (Wildman–Crippen LogP) is 3.50. The molecule has 0 unspecified atom stereocenters. The molecule has 0 saturated carbocycles. The molecule has 0 bridgehead atoms. The zero-order chi connectivity index (χ0) is 16.5. The largest absolute Gasteiger partial charge is 0.359 e. The van der Waals surface area contributed by atoms with Crippen molar-refractivity contribution in [3.05, 3.63) is 29.8 Å². The lowest BCUT2D eigenvalue weighted by Gasteiger charge is -2.26. The minimum Gasteiger partial charge on any atom is -0.359 e. The van der Waals surface area contributed by atoms with Gasteiger partial charge in [-0.2, -0.15) is 0 Å². The van der Waals surface area contributed by atoms with Crippen LogP contribution in [-0.4, -0.2) is 49.0 Å². The number of hydrogen-bond donors (Lipinski definition) is 1. The van der Waals surface area contributed by atoms with Gasteiger partial charge in [-0.05, 0) is 38.4 Å². The molecule has 0 radical (unpaired) electrons. The van der Waals surface area contributed by atoms with E-state index in [1.54, 1.807) is 0 Å². The first kappa shape index (κ1) is 20.7. The van der Waals surface area contributed by atoms with Crippen molar-refractivity contribution in [2.45, 2.75) is 25.7 Å². The number of piperidine rings is 1. The fourth-order valence-corrected chi connectivity index (χ4v) is 3.82. The Bertz CT molecular complexity index is 777. The number of nitrogens with zero attached hydrogens (tertiary/aromatic N) is 3. The summed E-state index contributed by atoms with van der Waals surface area (Å²) in [7, 11) is 2.06. The molecule has 0 atom stereocenters. The first-order valence-electron chi connectivity index (χ1n) is 8.87. The van der Waals surface area contributed by atoms with Crippen LogP contribution < -0.4 is 10.2 Å². The van der Waals surface area contributed by atoms with Gasteiger partial charge in [0.15, 0.2) is 0 Å². The minimum atomic E-state index is 0. The van der Waals surface area contributed by atoms with Gasteiger partial charge in [0, 0.05) is 24.5 Å². The lowest BCUT2D eigenvalue weighted by molar-refractivity contribution is -0.117. The van der Waals surface area contributed by atoms with E-state index in [0.29, 0.717) is 6.54 Å². The van der Waals surface area contributed by atoms with Gasteiger partial charge in [0.05, 0.1) is 17.7 Å². The Morgan fingerprint density at radius 3 is 2.62 bits per heavy atom. The molecule has 26 heavy (non-hydrogen) atoms. The van der Waals surface area contributed by atoms with Gasteiger partial charge in [-0.15, -0.1) is 24.8 Å². The summed E-state index contributed by atoms with van der Waals surface area (Å²) < 4.78 is 0. The van der Waals surface area contributed by atoms with E-state index in [2.05, 4.69) is 28.2 Å². The van der Waals surface area contributed by atoms with E-state index < -0.39 is 0 Å². The molecule has 7 heteroatoms. The van der Waals surface area contributed by atoms with Gasteiger partial charge in [-0.1, -0.05) is 24.6 Å². The van der Waals surface area contributed by atoms with Gasteiger partial charge < -0.3 is 10.2 Å². The second kappa shape index (κ2) is 8.89. The van der Waals surface area contributed by atoms with Gasteiger partial charge in [0.1, 0.15) is 5.82 Å². The molecule has 0 spiro atoms. The molecule has 2 aliphatic heterocycles. The van der Waals surface area contributed by atoms with Gasteiger partial charge in [-0.25, -0.2) is 4.98 Å². The molecule has 2 aromatic rings. The lowest BCUT2D eigenvalue weighted by atomic mass is 10.1. The average molecular weight is 397 g/mol. The number of anilines is 2. The van der Waals surface area contributed by atoms with Crippen molar-refractivity contribution in [3.63, 3.8) is 0 Å². The number of likely N-dealkylation sites (N-methyl/N-ethyl adjacent to an activating group) is 1. The van der Waals surface area contributed by atoms with Crippen LogP contribution in [0.25, 0.3) is 10.9 Å². The van der Waals surface area contributed by atoms with Gasteiger partial charge in [0.25, 0.3) is 0 Å². The number of carbonyl (C=O) groups is 1. The molecule has 1 aromatic carbocycles. The summed E-state index contributed by atoms with van der Waals surface area (Å²) in [5.41, 5.74) is 3.07. The van der Waals surface area contributed by atoms with Crippen LogP contribution >= 0.6 is 24.8 Å². The van der Waals surface area contributed by atoms with E-state index in [1.165, 1.54) is 24.8 Å². The summed E-state index contributed by atoms with van der Waals surface area (Å²) in [6, 6.07) is 8.07. The van der Waals surface area contributed by atoms with Crippen LogP contribution in [-0.2, 0) is 11.2 Å². The monoisotopic (exact) mass is 396 g/mol. The lowest BCUT2D eigenvalue weighted by Crippen LogP contribution is -2.37. The predicted molar refractivity (Wildman–Crippen MR) is 112 cm³/mol. The number of para-hydroxylation sites is 1. The summed E-state index contributed by atoms with van der Waals surface area (Å²) in [4.78, 5) is 21.8. The Morgan fingerprint density at radius 1 is 1.12 bits per heavy atom. The molecule has 1 amide bonds. The highest BCUT2D eigenvalue weighted by atomic mass is 35.5. The molecule has 1 saturated heterocycles. The second-order valence-corrected chi connectivity index (χ2v) is 6.86. The molecule has 1 N–H and O–H groups in total. The van der Waals surface area contributed by atoms with Gasteiger partial charge in [0.2, 0.25) is 5.91 Å². The SMILES string of the molecule is CN1CCc2c1nc1ccccc1c2NC(=O)CN1CCCCC1.Cl.Cl. The average Bonchev–Trinajstić information content (AvgIpc) is 2.97. The van der Waals surface area contributed by atoms with Crippen LogP contribution in [0.3, 0.4) is 0 Å². The van der Waals surface area contributed by atoms with Crippen molar-refractivity contribution >= 4 is 53.1 Å². The zero-order valence-electron chi connectivity index (χ0n) is 15.0. The molecular formula is C19H26Cl2N4O. The Morgan fingerprint density at radius 2 is 1.85 bits per heavy atom. The number of nitrogens with one attached hydrogen (secondary N) is 1. The second-order valence-electron chi connectivity index (χ2n) is 6.86. The first-order valence-corrected chi connectivity index (χ1v) is 8.87. The number of pyridine rings is 1. The Kier molecular flexibility index (Phi) is 7.09. The van der Waals surface area contributed by atoms with Crippen LogP contribution in [0.4, 0.5) is 11.5 Å². The molecule has 4 rings (SSSR count). The third kappa shape index (κ3) is 4.05. The van der Waals surface area contributed by atoms with E-state index in [1.807, 2.05) is 18.2 Å². The number of likely N-dealkylation sites (tertiary alicyclic amines) is 1. The highest BCUT2D eigenvalue weighted by molar-refractivity contribution is 6.04. The first-order chi connectivity index (χ1) is 11.7. The highest BCUT2D eigenvalue weighted by Crippen LogP contribution is 2.36. The summed E-state index contributed by atoms with van der Waals surface area (Å²) in [6.07, 6.45) is 4.62. The van der Waals surface area contributed by atoms with E-state index in [9.17, 15) is 4.79 Å². The van der Waals surface area contributed by atoms with E-state index >= 15 is 0 Å². The minimum absolute atomic E-state index is 0. The van der Waals surface area contributed by atoms with Crippen LogP contribution in [0.5, 0.6) is 0 Å². The maximum atomic E-state index is 12.6. The van der Waals surface area contributed by atoms with Crippen LogP contribution in [0.2, 0.25) is 0 Å². The molecule has 5 nitrogen and oxygen atoms in total. The number of carbonyl (C=O) groups excluding carboxylic acids is 1. The standard InChI is InChI=1S/C19H24N4O.2ClH/c1-22-12-9-15-18(14-7-3-4-8-16(14)20-19(15)22)21-17(24)13-23-10-5-2-6-11-23;;/h3-4,7-8H,2,5-6,9-13H2,1H3,(H,20,21,24);2*1H. The normalized spacial score (nSPS) is 16.6. The third-order valence-corrected chi connectivity index (χ3v) is 5.11. The van der Waals surface area contributed by atoms with E-state index in [0.717, 1.165) is 48.5 Å². The van der Waals surface area contributed by atoms with Crippen LogP contribution in [0, 0.1) is 0 Å². The number of fused-ring (bicyclic) bond motifs is 2. The molecule has 142 valence electrons. The number of amides is 1. The Balaban J connectivity index is 0.00000121. The van der Waals surface area contributed by atoms with Crippen molar-refractivity contribution in [1.29, 1.82) is 0 Å². The highest BCUT2D eigenvalue weighted by Gasteiger charge is 2.24. The Hall–Kier alpha value is -1.56. The third-order valence-electron chi connectivity index (χ3n) is 5.11. The summed E-state index contributed by atoms with van der Waals surface area (Å²) in [6.45, 7) is 3.51. The van der Waals surface area contributed by atoms with Crippen molar-refractivity contribution < 1.29 is 4.79 Å². The summed E-state index contributed by atoms with van der Waals surface area (Å²) in [5.74, 6) is 1.09. The molecule has 2 aliphatic rings. The molecular weight excluding hydrogens is 371 g/mol. The van der Waals surface area contributed by atoms with E-state index in [4.69, 9.17) is 4.98 Å². The van der Waals surface area contributed by atoms with Crippen molar-refractivity contribution in [1.82, 2.24) is 9.88 Å². The smallest absolute Gasteiger partial charge is 0.238 e. The number of halogens is 2. The zero-order valence-corrected chi connectivity index (χ0v) is 16.7. The number of benzene rings is 1. The molecule has 0 aliphatic carbocycles. The number of aromatic nitrogens is 1. The molecule has 3 heterocycles. The molecule has 1 aromatic heterocycles. The van der Waals surface area contributed by atoms with Crippen molar-refractivity contribution in [3.8, 4) is 0 Å². The quantitative estimate of drug-likeness (QED) is 0.862. The fourth-order valence-electron chi connectivity index (χ4n) is 3.82. The van der Waals surface area contributed by atoms with Crippen LogP contribution in [0.15, 0.2) is 24.3 Å². The fraction of sp³-hybridized carbons (Fsp3) is 0.474. The van der Waals surface area contributed by atoms with Crippen molar-refractivity contribution in [2.24, 2.45) is 0 Å². The summed E-state index contributed by atoms with van der Waals surface area (Å²) in [5, 5.41) is 4.25. The van der Waals surface area contributed by atoms with Crippen LogP contribution in [0.1, 0.15) is 24.8 Å². The number of hydrogen-bond acceptors (Lipinski definition) is 4. The molecule has 1 fully saturated rings. The topological polar surface area (TPSA) is 48.5 Å². The maximum absolute atomic E-state index is 12.6. The summed E-state index contributed by atoms with van der Waals surface area (Å²) >= 11 is 0. The van der Waals surface area contributed by atoms with E-state index in [-0.39, 0.29) is 30.7 Å². The van der Waals surface area contributed by atoms with Gasteiger partial charge >= 0.3 is 0 Å². The maximum Gasteiger partial charge on any atom is 0.238 e. The Labute approximate surface area is 167 Å². The number of rotatable bonds is 3.